The normalized spacial score (nSPS) is 11.2. The number of allylic oxidation sites excluding steroid dienone is 2. The Morgan fingerprint density at radius 3 is 2.14 bits per heavy atom. The Hall–Kier alpha value is -3.01. The van der Waals surface area contributed by atoms with E-state index in [1.807, 2.05) is 46.8 Å². The molecule has 0 spiro atoms. The van der Waals surface area contributed by atoms with Crippen molar-refractivity contribution in [3.63, 3.8) is 0 Å². The Kier molecular flexibility index (Phi) is 7.66. The number of hydrogen-bond donors (Lipinski definition) is 0. The van der Waals surface area contributed by atoms with Crippen LogP contribution in [0.2, 0.25) is 0 Å². The van der Waals surface area contributed by atoms with Gasteiger partial charge in [-0.05, 0) is 89.6 Å². The van der Waals surface area contributed by atoms with Crippen molar-refractivity contribution >= 4 is 11.9 Å². The van der Waals surface area contributed by atoms with Crippen LogP contribution in [0.5, 0.6) is 17.2 Å². The molecule has 4 nitrogen and oxygen atoms in total. The zero-order chi connectivity index (χ0) is 21.6. The smallest absolute Gasteiger partial charge is 0.185 e. The van der Waals surface area contributed by atoms with E-state index in [9.17, 15) is 4.79 Å². The van der Waals surface area contributed by atoms with E-state index in [1.54, 1.807) is 43.3 Å². The first-order valence-electron chi connectivity index (χ1n) is 9.80. The third kappa shape index (κ3) is 6.53. The Labute approximate surface area is 173 Å². The van der Waals surface area contributed by atoms with Crippen LogP contribution in [0.3, 0.4) is 0 Å². The molecule has 2 rings (SSSR count). The summed E-state index contributed by atoms with van der Waals surface area (Å²) in [7, 11) is 0. The molecule has 0 fully saturated rings. The van der Waals surface area contributed by atoms with Crippen molar-refractivity contribution in [2.45, 2.75) is 53.8 Å². The third-order valence-corrected chi connectivity index (χ3v) is 3.90. The monoisotopic (exact) mass is 394 g/mol. The van der Waals surface area contributed by atoms with Crippen molar-refractivity contribution in [1.82, 2.24) is 0 Å². The minimum Gasteiger partial charge on any atom is -0.490 e. The average molecular weight is 395 g/mol. The van der Waals surface area contributed by atoms with E-state index in [-0.39, 0.29) is 18.0 Å². The van der Waals surface area contributed by atoms with Gasteiger partial charge in [-0.1, -0.05) is 12.6 Å². The van der Waals surface area contributed by atoms with E-state index in [0.29, 0.717) is 22.8 Å². The summed E-state index contributed by atoms with van der Waals surface area (Å²) in [5, 5.41) is 0. The Morgan fingerprint density at radius 1 is 0.966 bits per heavy atom. The molecule has 0 radical (unpaired) electrons. The first-order chi connectivity index (χ1) is 13.7. The van der Waals surface area contributed by atoms with Crippen LogP contribution in [0.1, 0.15) is 56.1 Å². The first kappa shape index (κ1) is 22.3. The zero-order valence-corrected chi connectivity index (χ0v) is 18.1. The quantitative estimate of drug-likeness (QED) is 0.281. The fourth-order valence-electron chi connectivity index (χ4n) is 2.74. The maximum atomic E-state index is 12.7. The molecule has 0 N–H and O–H groups in total. The fraction of sp³-hybridized carbons (Fsp3) is 0.320. The van der Waals surface area contributed by atoms with Gasteiger partial charge >= 0.3 is 0 Å². The van der Waals surface area contributed by atoms with Gasteiger partial charge in [0.15, 0.2) is 5.78 Å². The SMILES string of the molecule is C=C(C)Oc1ccc(C(=O)C=Cc2c(OC(C)C)ccc(C)c2OC(C)C)cc1. The highest BCUT2D eigenvalue weighted by Crippen LogP contribution is 2.35. The number of carbonyl (C=O) groups is 1. The topological polar surface area (TPSA) is 44.8 Å². The van der Waals surface area contributed by atoms with E-state index >= 15 is 0 Å². The van der Waals surface area contributed by atoms with E-state index < -0.39 is 0 Å². The van der Waals surface area contributed by atoms with E-state index in [4.69, 9.17) is 14.2 Å². The fourth-order valence-corrected chi connectivity index (χ4v) is 2.74. The van der Waals surface area contributed by atoms with Crippen LogP contribution in [0.4, 0.5) is 0 Å². The number of ketones is 1. The molecule has 4 heteroatoms. The molecule has 0 aromatic heterocycles. The number of carbonyl (C=O) groups excluding carboxylic acids is 1. The van der Waals surface area contributed by atoms with Crippen molar-refractivity contribution in [3.8, 4) is 17.2 Å². The van der Waals surface area contributed by atoms with Crippen molar-refractivity contribution in [2.24, 2.45) is 0 Å². The molecule has 0 saturated heterocycles. The molecule has 0 atom stereocenters. The second-order valence-electron chi connectivity index (χ2n) is 7.48. The van der Waals surface area contributed by atoms with E-state index in [0.717, 1.165) is 16.9 Å². The lowest BCUT2D eigenvalue weighted by atomic mass is 10.0. The molecule has 0 aliphatic carbocycles. The lowest BCUT2D eigenvalue weighted by molar-refractivity contribution is 0.104. The zero-order valence-electron chi connectivity index (χ0n) is 18.1. The average Bonchev–Trinajstić information content (AvgIpc) is 2.63. The Balaban J connectivity index is 2.34. The Morgan fingerprint density at radius 2 is 1.59 bits per heavy atom. The van der Waals surface area contributed by atoms with Gasteiger partial charge in [0.2, 0.25) is 0 Å². The third-order valence-electron chi connectivity index (χ3n) is 3.90. The molecule has 29 heavy (non-hydrogen) atoms. The van der Waals surface area contributed by atoms with Gasteiger partial charge in [-0.15, -0.1) is 0 Å². The molecule has 0 aliphatic heterocycles. The minimum atomic E-state index is -0.112. The molecule has 0 unspecified atom stereocenters. The highest BCUT2D eigenvalue weighted by atomic mass is 16.5. The highest BCUT2D eigenvalue weighted by molar-refractivity contribution is 6.07. The van der Waals surface area contributed by atoms with Crippen LogP contribution in [0.15, 0.2) is 54.8 Å². The molecule has 0 heterocycles. The molecule has 2 aromatic rings. The summed E-state index contributed by atoms with van der Waals surface area (Å²) in [4.78, 5) is 12.7. The summed E-state index contributed by atoms with van der Waals surface area (Å²) in [6, 6.07) is 10.9. The molecule has 0 amide bonds. The van der Waals surface area contributed by atoms with Gasteiger partial charge in [-0.3, -0.25) is 4.79 Å². The summed E-state index contributed by atoms with van der Waals surface area (Å²) in [5.41, 5.74) is 2.33. The molecule has 2 aromatic carbocycles. The summed E-state index contributed by atoms with van der Waals surface area (Å²) in [5.74, 6) is 2.55. The van der Waals surface area contributed by atoms with Crippen LogP contribution in [0.25, 0.3) is 6.08 Å². The van der Waals surface area contributed by atoms with Crippen molar-refractivity contribution in [2.75, 3.05) is 0 Å². The number of rotatable bonds is 9. The van der Waals surface area contributed by atoms with Crippen LogP contribution in [-0.4, -0.2) is 18.0 Å². The molecular weight excluding hydrogens is 364 g/mol. The van der Waals surface area contributed by atoms with Crippen LogP contribution in [0, 0.1) is 6.92 Å². The number of ether oxygens (including phenoxy) is 3. The van der Waals surface area contributed by atoms with Gasteiger partial charge in [0.1, 0.15) is 17.2 Å². The predicted octanol–water partition coefficient (Wildman–Crippen LogP) is 6.38. The number of hydrogen-bond acceptors (Lipinski definition) is 4. The second kappa shape index (κ2) is 9.97. The summed E-state index contributed by atoms with van der Waals surface area (Å²) in [6.07, 6.45) is 3.33. The van der Waals surface area contributed by atoms with Crippen LogP contribution >= 0.6 is 0 Å². The number of aryl methyl sites for hydroxylation is 1. The second-order valence-corrected chi connectivity index (χ2v) is 7.48. The van der Waals surface area contributed by atoms with Crippen LogP contribution < -0.4 is 14.2 Å². The maximum absolute atomic E-state index is 12.7. The van der Waals surface area contributed by atoms with E-state index in [2.05, 4.69) is 6.58 Å². The number of benzene rings is 2. The molecular formula is C25H30O4. The van der Waals surface area contributed by atoms with Crippen molar-refractivity contribution < 1.29 is 19.0 Å². The molecule has 154 valence electrons. The van der Waals surface area contributed by atoms with Crippen molar-refractivity contribution in [1.29, 1.82) is 0 Å². The van der Waals surface area contributed by atoms with Gasteiger partial charge in [-0.2, -0.15) is 0 Å². The van der Waals surface area contributed by atoms with Gasteiger partial charge < -0.3 is 14.2 Å². The summed E-state index contributed by atoms with van der Waals surface area (Å²) in [6.45, 7) is 15.4. The Bertz CT molecular complexity index is 890. The largest absolute Gasteiger partial charge is 0.490 e. The molecule has 0 bridgehead atoms. The lowest BCUT2D eigenvalue weighted by Gasteiger charge is -2.19. The van der Waals surface area contributed by atoms with E-state index in [1.165, 1.54) is 0 Å². The summed E-state index contributed by atoms with van der Waals surface area (Å²) >= 11 is 0. The standard InChI is InChI=1S/C25H30O4/c1-16(2)27-21-11-9-20(10-12-21)23(26)14-13-22-24(28-17(3)4)15-8-19(7)25(22)29-18(5)6/h8-15,17-18H,1H2,2-7H3. The minimum absolute atomic E-state index is 0.00622. The van der Waals surface area contributed by atoms with Gasteiger partial charge in [0.05, 0.1) is 23.5 Å². The van der Waals surface area contributed by atoms with Gasteiger partial charge in [0.25, 0.3) is 0 Å². The van der Waals surface area contributed by atoms with Gasteiger partial charge in [0, 0.05) is 5.56 Å². The van der Waals surface area contributed by atoms with Crippen molar-refractivity contribution in [3.05, 3.63) is 71.5 Å². The molecule has 0 aliphatic rings. The predicted molar refractivity (Wildman–Crippen MR) is 118 cm³/mol. The lowest BCUT2D eigenvalue weighted by Crippen LogP contribution is -2.11. The highest BCUT2D eigenvalue weighted by Gasteiger charge is 2.15. The summed E-state index contributed by atoms with van der Waals surface area (Å²) < 4.78 is 17.4. The molecule has 0 saturated carbocycles. The van der Waals surface area contributed by atoms with Gasteiger partial charge in [-0.25, -0.2) is 0 Å². The first-order valence-corrected chi connectivity index (χ1v) is 9.80. The maximum Gasteiger partial charge on any atom is 0.185 e. The van der Waals surface area contributed by atoms with Crippen LogP contribution in [-0.2, 0) is 0 Å².